The van der Waals surface area contributed by atoms with Gasteiger partial charge in [0.1, 0.15) is 5.82 Å². The van der Waals surface area contributed by atoms with Gasteiger partial charge in [-0.25, -0.2) is 12.8 Å². The number of sulfonamides is 1. The van der Waals surface area contributed by atoms with Crippen LogP contribution >= 0.6 is 0 Å². The van der Waals surface area contributed by atoms with Gasteiger partial charge in [-0.1, -0.05) is 25.5 Å². The van der Waals surface area contributed by atoms with Gasteiger partial charge in [-0.05, 0) is 30.5 Å². The molecule has 0 radical (unpaired) electrons. The van der Waals surface area contributed by atoms with Crippen LogP contribution in [0.1, 0.15) is 31.7 Å². The first kappa shape index (κ1) is 18.9. The molecule has 0 unspecified atom stereocenters. The van der Waals surface area contributed by atoms with Gasteiger partial charge in [0.25, 0.3) is 0 Å². The van der Waals surface area contributed by atoms with Crippen LogP contribution < -0.4 is 0 Å². The van der Waals surface area contributed by atoms with Gasteiger partial charge in [0.05, 0.1) is 5.75 Å². The molecule has 0 atom stereocenters. The molecule has 0 spiro atoms. The Hall–Kier alpha value is -1.47. The van der Waals surface area contributed by atoms with Crippen molar-refractivity contribution in [1.82, 2.24) is 9.21 Å². The van der Waals surface area contributed by atoms with Crippen LogP contribution in [0.4, 0.5) is 4.39 Å². The molecule has 1 aliphatic rings. The lowest BCUT2D eigenvalue weighted by atomic mass is 10.1. The summed E-state index contributed by atoms with van der Waals surface area (Å²) < 4.78 is 38.7. The molecule has 1 aliphatic heterocycles. The molecular weight excluding hydrogens is 331 g/mol. The molecule has 1 saturated heterocycles. The maximum Gasteiger partial charge on any atom is 0.222 e. The number of hydrogen-bond acceptors (Lipinski definition) is 3. The number of hydrogen-bond donors (Lipinski definition) is 0. The van der Waals surface area contributed by atoms with Crippen molar-refractivity contribution in [3.8, 4) is 0 Å². The summed E-state index contributed by atoms with van der Waals surface area (Å²) in [5, 5.41) is 0. The van der Waals surface area contributed by atoms with Crippen molar-refractivity contribution in [2.45, 2.75) is 32.6 Å². The van der Waals surface area contributed by atoms with Crippen molar-refractivity contribution < 1.29 is 17.6 Å². The topological polar surface area (TPSA) is 57.7 Å². The maximum absolute atomic E-state index is 12.9. The first-order chi connectivity index (χ1) is 11.4. The van der Waals surface area contributed by atoms with Crippen molar-refractivity contribution in [2.75, 3.05) is 31.9 Å². The summed E-state index contributed by atoms with van der Waals surface area (Å²) in [7, 11) is -3.19. The summed E-state index contributed by atoms with van der Waals surface area (Å²) >= 11 is 0. The Morgan fingerprint density at radius 3 is 2.33 bits per heavy atom. The molecule has 134 valence electrons. The highest BCUT2D eigenvalue weighted by molar-refractivity contribution is 7.89. The average molecular weight is 356 g/mol. The Morgan fingerprint density at radius 2 is 1.75 bits per heavy atom. The van der Waals surface area contributed by atoms with Crippen LogP contribution in [0.25, 0.3) is 0 Å². The van der Waals surface area contributed by atoms with Gasteiger partial charge >= 0.3 is 0 Å². The quantitative estimate of drug-likeness (QED) is 0.751. The highest BCUT2D eigenvalue weighted by Gasteiger charge is 2.28. The molecule has 24 heavy (non-hydrogen) atoms. The minimum Gasteiger partial charge on any atom is -0.340 e. The number of carbonyl (C=O) groups is 1. The summed E-state index contributed by atoms with van der Waals surface area (Å²) in [6.07, 6.45) is 2.43. The zero-order valence-electron chi connectivity index (χ0n) is 14.1. The van der Waals surface area contributed by atoms with E-state index in [1.54, 1.807) is 17.0 Å². The van der Waals surface area contributed by atoms with Gasteiger partial charge < -0.3 is 4.90 Å². The van der Waals surface area contributed by atoms with Gasteiger partial charge in [-0.3, -0.25) is 4.79 Å². The summed E-state index contributed by atoms with van der Waals surface area (Å²) in [6.45, 7) is 3.58. The fraction of sp³-hybridized carbons (Fsp3) is 0.588. The summed E-state index contributed by atoms with van der Waals surface area (Å²) in [6, 6.07) is 6.14. The third-order valence-corrected chi connectivity index (χ3v) is 6.24. The van der Waals surface area contributed by atoms with Crippen molar-refractivity contribution in [1.29, 1.82) is 0 Å². The van der Waals surface area contributed by atoms with E-state index in [4.69, 9.17) is 0 Å². The zero-order valence-corrected chi connectivity index (χ0v) is 14.9. The number of amides is 1. The van der Waals surface area contributed by atoms with Crippen molar-refractivity contribution in [3.05, 3.63) is 35.6 Å². The van der Waals surface area contributed by atoms with E-state index >= 15 is 0 Å². The van der Waals surface area contributed by atoms with Crippen molar-refractivity contribution in [2.24, 2.45) is 0 Å². The third-order valence-electron chi connectivity index (χ3n) is 4.28. The second-order valence-electron chi connectivity index (χ2n) is 6.08. The molecule has 0 saturated carbocycles. The molecule has 1 heterocycles. The highest BCUT2D eigenvalue weighted by atomic mass is 32.2. The number of halogens is 1. The number of piperazine rings is 1. The fourth-order valence-electron chi connectivity index (χ4n) is 2.73. The number of carbonyl (C=O) groups excluding carboxylic acids is 1. The third kappa shape index (κ3) is 5.27. The van der Waals surface area contributed by atoms with Crippen LogP contribution in [0.3, 0.4) is 0 Å². The zero-order chi connectivity index (χ0) is 17.6. The van der Waals surface area contributed by atoms with Crippen LogP contribution in [0.2, 0.25) is 0 Å². The molecule has 2 rings (SSSR count). The Balaban J connectivity index is 1.79. The minimum absolute atomic E-state index is 0.0185. The molecule has 7 heteroatoms. The average Bonchev–Trinajstić information content (AvgIpc) is 2.59. The molecule has 0 N–H and O–H groups in total. The smallest absolute Gasteiger partial charge is 0.222 e. The number of aryl methyl sites for hydroxylation is 1. The first-order valence-electron chi connectivity index (χ1n) is 8.42. The first-order valence-corrected chi connectivity index (χ1v) is 10.0. The number of unbranched alkanes of at least 4 members (excludes halogenated alkanes) is 1. The molecular formula is C17H25FN2O3S. The standard InChI is InChI=1S/C17H25FN2O3S/c1-2-3-14-24(22,23)20-12-10-19(11-13-20)17(21)9-6-15-4-7-16(18)8-5-15/h4-5,7-8H,2-3,6,9-14H2,1H3. The second kappa shape index (κ2) is 8.58. The van der Waals surface area contributed by atoms with Crippen molar-refractivity contribution >= 4 is 15.9 Å². The van der Waals surface area contributed by atoms with E-state index in [-0.39, 0.29) is 17.5 Å². The van der Waals surface area contributed by atoms with Gasteiger partial charge in [0.2, 0.25) is 15.9 Å². The predicted octanol–water partition coefficient (Wildman–Crippen LogP) is 2.03. The normalized spacial score (nSPS) is 16.3. The highest BCUT2D eigenvalue weighted by Crippen LogP contribution is 2.12. The molecule has 0 aromatic heterocycles. The number of benzene rings is 1. The van der Waals surface area contributed by atoms with Gasteiger partial charge in [0, 0.05) is 32.6 Å². The van der Waals surface area contributed by atoms with Crippen LogP contribution in [0.15, 0.2) is 24.3 Å². The monoisotopic (exact) mass is 356 g/mol. The minimum atomic E-state index is -3.19. The van der Waals surface area contributed by atoms with E-state index in [1.807, 2.05) is 6.92 Å². The maximum atomic E-state index is 12.9. The molecule has 1 amide bonds. The Kier molecular flexibility index (Phi) is 6.74. The van der Waals surface area contributed by atoms with Gasteiger partial charge in [0.15, 0.2) is 0 Å². The van der Waals surface area contributed by atoms with Crippen LogP contribution in [0.5, 0.6) is 0 Å². The molecule has 1 fully saturated rings. The summed E-state index contributed by atoms with van der Waals surface area (Å²) in [5.74, 6) is -0.0856. The Bertz CT molecular complexity index is 638. The fourth-order valence-corrected chi connectivity index (χ4v) is 4.36. The lowest BCUT2D eigenvalue weighted by Gasteiger charge is -2.34. The molecule has 5 nitrogen and oxygen atoms in total. The van der Waals surface area contributed by atoms with E-state index < -0.39 is 10.0 Å². The SMILES string of the molecule is CCCCS(=O)(=O)N1CCN(C(=O)CCc2ccc(F)cc2)CC1. The van der Waals surface area contributed by atoms with E-state index in [0.29, 0.717) is 45.4 Å². The Morgan fingerprint density at radius 1 is 1.12 bits per heavy atom. The largest absolute Gasteiger partial charge is 0.340 e. The van der Waals surface area contributed by atoms with Gasteiger partial charge in [-0.15, -0.1) is 0 Å². The van der Waals surface area contributed by atoms with E-state index in [0.717, 1.165) is 12.0 Å². The second-order valence-corrected chi connectivity index (χ2v) is 8.16. The van der Waals surface area contributed by atoms with Crippen LogP contribution in [-0.2, 0) is 21.2 Å². The lowest BCUT2D eigenvalue weighted by Crippen LogP contribution is -2.51. The van der Waals surface area contributed by atoms with Gasteiger partial charge in [-0.2, -0.15) is 4.31 Å². The van der Waals surface area contributed by atoms with E-state index in [9.17, 15) is 17.6 Å². The van der Waals surface area contributed by atoms with Crippen LogP contribution in [0, 0.1) is 5.82 Å². The number of rotatable bonds is 7. The Labute approximate surface area is 143 Å². The summed E-state index contributed by atoms with van der Waals surface area (Å²) in [4.78, 5) is 14.0. The van der Waals surface area contributed by atoms with Crippen molar-refractivity contribution in [3.63, 3.8) is 0 Å². The molecule has 0 aliphatic carbocycles. The molecule has 1 aromatic rings. The number of nitrogens with zero attached hydrogens (tertiary/aromatic N) is 2. The molecule has 1 aromatic carbocycles. The summed E-state index contributed by atoms with van der Waals surface area (Å²) in [5.41, 5.74) is 0.922. The van der Waals surface area contributed by atoms with Crippen LogP contribution in [-0.4, -0.2) is 55.5 Å². The predicted molar refractivity (Wildman–Crippen MR) is 91.6 cm³/mol. The van der Waals surface area contributed by atoms with E-state index in [2.05, 4.69) is 0 Å². The van der Waals surface area contributed by atoms with E-state index in [1.165, 1.54) is 16.4 Å². The molecule has 0 bridgehead atoms. The lowest BCUT2D eigenvalue weighted by molar-refractivity contribution is -0.132.